The zero-order chi connectivity index (χ0) is 16.1. The van der Waals surface area contributed by atoms with Crippen molar-refractivity contribution in [2.24, 2.45) is 0 Å². The van der Waals surface area contributed by atoms with Gasteiger partial charge in [0.25, 0.3) is 0 Å². The SMILES string of the molecule is CC(C)OC(=O)CC[C@@H](C)NC(=O)N1CCN2CCC1CC2. The number of nitrogens with zero attached hydrogens (tertiary/aromatic N) is 2. The second-order valence-corrected chi connectivity index (χ2v) is 6.69. The molecule has 0 aromatic rings. The number of piperidine rings is 1. The Hall–Kier alpha value is -1.30. The monoisotopic (exact) mass is 311 g/mol. The molecule has 1 N–H and O–H groups in total. The second-order valence-electron chi connectivity index (χ2n) is 6.69. The lowest BCUT2D eigenvalue weighted by atomic mass is 10.1. The van der Waals surface area contributed by atoms with Crippen LogP contribution >= 0.6 is 0 Å². The first-order chi connectivity index (χ1) is 10.5. The van der Waals surface area contributed by atoms with Gasteiger partial charge in [0.05, 0.1) is 6.10 Å². The Bertz CT molecular complexity index is 392. The number of urea groups is 1. The molecule has 6 heteroatoms. The number of amides is 2. The Balaban J connectivity index is 1.75. The van der Waals surface area contributed by atoms with E-state index in [1.165, 1.54) is 0 Å². The normalized spacial score (nSPS) is 25.7. The first-order valence-corrected chi connectivity index (χ1v) is 8.44. The van der Waals surface area contributed by atoms with Gasteiger partial charge in [-0.15, -0.1) is 0 Å². The molecule has 3 fully saturated rings. The zero-order valence-electron chi connectivity index (χ0n) is 14.0. The van der Waals surface area contributed by atoms with Crippen LogP contribution in [0.1, 0.15) is 46.5 Å². The predicted molar refractivity (Wildman–Crippen MR) is 84.6 cm³/mol. The van der Waals surface area contributed by atoms with Crippen LogP contribution in [0.5, 0.6) is 0 Å². The van der Waals surface area contributed by atoms with Crippen molar-refractivity contribution in [2.75, 3.05) is 26.2 Å². The van der Waals surface area contributed by atoms with E-state index in [9.17, 15) is 9.59 Å². The summed E-state index contributed by atoms with van der Waals surface area (Å²) in [5, 5.41) is 3.03. The molecule has 3 aliphatic rings. The van der Waals surface area contributed by atoms with Crippen LogP contribution in [0.4, 0.5) is 4.79 Å². The lowest BCUT2D eigenvalue weighted by Crippen LogP contribution is -2.49. The first kappa shape index (κ1) is 17.1. The minimum Gasteiger partial charge on any atom is -0.463 e. The fourth-order valence-corrected chi connectivity index (χ4v) is 3.18. The summed E-state index contributed by atoms with van der Waals surface area (Å²) in [5.74, 6) is -0.197. The molecule has 2 amide bonds. The van der Waals surface area contributed by atoms with Crippen LogP contribution in [-0.2, 0) is 9.53 Å². The minimum absolute atomic E-state index is 0.0125. The molecule has 3 aliphatic heterocycles. The number of esters is 1. The van der Waals surface area contributed by atoms with Crippen molar-refractivity contribution in [3.8, 4) is 0 Å². The van der Waals surface area contributed by atoms with Crippen molar-refractivity contribution in [3.63, 3.8) is 0 Å². The molecule has 0 spiro atoms. The standard InChI is InChI=1S/C16H29N3O3/c1-12(2)22-15(20)5-4-13(3)17-16(21)19-11-10-18-8-6-14(19)7-9-18/h12-14H,4-11H2,1-3H3,(H,17,21)/t13-/m1/s1. The quantitative estimate of drug-likeness (QED) is 0.783. The van der Waals surface area contributed by atoms with E-state index in [1.54, 1.807) is 0 Å². The molecule has 22 heavy (non-hydrogen) atoms. The Morgan fingerprint density at radius 1 is 1.14 bits per heavy atom. The molecular weight excluding hydrogens is 282 g/mol. The van der Waals surface area contributed by atoms with Crippen molar-refractivity contribution in [2.45, 2.75) is 64.6 Å². The van der Waals surface area contributed by atoms with E-state index in [1.807, 2.05) is 25.7 Å². The molecule has 6 nitrogen and oxygen atoms in total. The highest BCUT2D eigenvalue weighted by atomic mass is 16.5. The molecule has 0 aromatic heterocycles. The summed E-state index contributed by atoms with van der Waals surface area (Å²) in [7, 11) is 0. The van der Waals surface area contributed by atoms with Gasteiger partial charge < -0.3 is 19.9 Å². The highest BCUT2D eigenvalue weighted by molar-refractivity contribution is 5.75. The zero-order valence-corrected chi connectivity index (χ0v) is 14.0. The van der Waals surface area contributed by atoms with Crippen LogP contribution in [0.3, 0.4) is 0 Å². The molecule has 126 valence electrons. The van der Waals surface area contributed by atoms with E-state index < -0.39 is 0 Å². The van der Waals surface area contributed by atoms with E-state index >= 15 is 0 Å². The fraction of sp³-hybridized carbons (Fsp3) is 0.875. The van der Waals surface area contributed by atoms with E-state index in [0.29, 0.717) is 18.9 Å². The van der Waals surface area contributed by atoms with Gasteiger partial charge >= 0.3 is 12.0 Å². The number of nitrogens with one attached hydrogen (secondary N) is 1. The largest absolute Gasteiger partial charge is 0.463 e. The lowest BCUT2D eigenvalue weighted by Gasteiger charge is -2.32. The average Bonchev–Trinajstić information content (AvgIpc) is 2.78. The Kier molecular flexibility index (Phi) is 6.06. The summed E-state index contributed by atoms with van der Waals surface area (Å²) in [6.45, 7) is 9.60. The highest BCUT2D eigenvalue weighted by Crippen LogP contribution is 2.20. The van der Waals surface area contributed by atoms with Crippen LogP contribution in [0.25, 0.3) is 0 Å². The van der Waals surface area contributed by atoms with Crippen molar-refractivity contribution in [1.82, 2.24) is 15.1 Å². The predicted octanol–water partition coefficient (Wildman–Crippen LogP) is 1.60. The maximum Gasteiger partial charge on any atom is 0.317 e. The number of rotatable bonds is 5. The van der Waals surface area contributed by atoms with E-state index in [0.717, 1.165) is 39.0 Å². The van der Waals surface area contributed by atoms with Gasteiger partial charge in [-0.05, 0) is 40.0 Å². The molecule has 3 saturated heterocycles. The summed E-state index contributed by atoms with van der Waals surface area (Å²) >= 11 is 0. The van der Waals surface area contributed by atoms with E-state index in [-0.39, 0.29) is 24.1 Å². The van der Waals surface area contributed by atoms with Gasteiger partial charge in [-0.3, -0.25) is 4.79 Å². The summed E-state index contributed by atoms with van der Waals surface area (Å²) in [6.07, 6.45) is 3.02. The van der Waals surface area contributed by atoms with Crippen LogP contribution < -0.4 is 5.32 Å². The minimum atomic E-state index is -0.197. The third-order valence-electron chi connectivity index (χ3n) is 4.43. The molecule has 0 aromatic carbocycles. The summed E-state index contributed by atoms with van der Waals surface area (Å²) in [6, 6.07) is 0.364. The topological polar surface area (TPSA) is 61.9 Å². The van der Waals surface area contributed by atoms with Gasteiger partial charge in [0, 0.05) is 44.7 Å². The highest BCUT2D eigenvalue weighted by Gasteiger charge is 2.32. The van der Waals surface area contributed by atoms with Crippen molar-refractivity contribution >= 4 is 12.0 Å². The van der Waals surface area contributed by atoms with Crippen LogP contribution in [0.15, 0.2) is 0 Å². The summed E-state index contributed by atoms with van der Waals surface area (Å²) < 4.78 is 5.11. The molecule has 1 atom stereocenters. The summed E-state index contributed by atoms with van der Waals surface area (Å²) in [4.78, 5) is 28.4. The molecular formula is C16H29N3O3. The van der Waals surface area contributed by atoms with Crippen molar-refractivity contribution < 1.29 is 14.3 Å². The average molecular weight is 311 g/mol. The van der Waals surface area contributed by atoms with Crippen molar-refractivity contribution in [3.05, 3.63) is 0 Å². The third kappa shape index (κ3) is 4.87. The number of hydrogen-bond acceptors (Lipinski definition) is 4. The summed E-state index contributed by atoms with van der Waals surface area (Å²) in [5.41, 5.74) is 0. The third-order valence-corrected chi connectivity index (χ3v) is 4.43. The Morgan fingerprint density at radius 3 is 2.45 bits per heavy atom. The van der Waals surface area contributed by atoms with Crippen molar-refractivity contribution in [1.29, 1.82) is 0 Å². The fourth-order valence-electron chi connectivity index (χ4n) is 3.18. The number of carbonyl (C=O) groups excluding carboxylic acids is 2. The van der Waals surface area contributed by atoms with Gasteiger partial charge in [0.15, 0.2) is 0 Å². The smallest absolute Gasteiger partial charge is 0.317 e. The van der Waals surface area contributed by atoms with Gasteiger partial charge in [-0.2, -0.15) is 0 Å². The second kappa shape index (κ2) is 7.81. The van der Waals surface area contributed by atoms with Crippen LogP contribution in [0.2, 0.25) is 0 Å². The number of fused-ring (bicyclic) bond motifs is 4. The van der Waals surface area contributed by atoms with Crippen LogP contribution in [0, 0.1) is 0 Å². The molecule has 0 saturated carbocycles. The van der Waals surface area contributed by atoms with Gasteiger partial charge in [-0.1, -0.05) is 0 Å². The van der Waals surface area contributed by atoms with Crippen LogP contribution in [-0.4, -0.2) is 66.2 Å². The maximum atomic E-state index is 12.5. The first-order valence-electron chi connectivity index (χ1n) is 8.44. The molecule has 3 heterocycles. The molecule has 0 unspecified atom stereocenters. The molecule has 3 rings (SSSR count). The van der Waals surface area contributed by atoms with Gasteiger partial charge in [0.1, 0.15) is 0 Å². The van der Waals surface area contributed by atoms with Gasteiger partial charge in [-0.25, -0.2) is 4.79 Å². The number of carbonyl (C=O) groups is 2. The number of ether oxygens (including phenoxy) is 1. The molecule has 0 radical (unpaired) electrons. The van der Waals surface area contributed by atoms with E-state index in [4.69, 9.17) is 4.74 Å². The molecule has 0 aliphatic carbocycles. The van der Waals surface area contributed by atoms with Gasteiger partial charge in [0.2, 0.25) is 0 Å². The number of hydrogen-bond donors (Lipinski definition) is 1. The Morgan fingerprint density at radius 2 is 1.82 bits per heavy atom. The lowest BCUT2D eigenvalue weighted by molar-refractivity contribution is -0.147. The molecule has 2 bridgehead atoms. The van der Waals surface area contributed by atoms with E-state index in [2.05, 4.69) is 10.2 Å². The Labute approximate surface area is 133 Å². The maximum absolute atomic E-state index is 12.5.